The van der Waals surface area contributed by atoms with Gasteiger partial charge < -0.3 is 10.6 Å². The zero-order valence-corrected chi connectivity index (χ0v) is 12.2. The van der Waals surface area contributed by atoms with E-state index in [1.54, 1.807) is 0 Å². The second kappa shape index (κ2) is 5.21. The topological polar surface area (TPSA) is 41.1 Å². The molecule has 20 heavy (non-hydrogen) atoms. The van der Waals surface area contributed by atoms with Crippen LogP contribution in [0.4, 0.5) is 0 Å². The van der Waals surface area contributed by atoms with E-state index in [0.717, 1.165) is 38.8 Å². The van der Waals surface area contributed by atoms with E-state index in [0.29, 0.717) is 0 Å². The lowest BCUT2D eigenvalue weighted by molar-refractivity contribution is -0.130. The number of piperidine rings is 1. The van der Waals surface area contributed by atoms with Gasteiger partial charge in [0.25, 0.3) is 0 Å². The largest absolute Gasteiger partial charge is 0.350 e. The molecule has 1 aromatic rings. The lowest BCUT2D eigenvalue weighted by Crippen LogP contribution is -2.59. The van der Waals surface area contributed by atoms with E-state index in [4.69, 9.17) is 0 Å². The van der Waals surface area contributed by atoms with Crippen LogP contribution < -0.4 is 10.6 Å². The van der Waals surface area contributed by atoms with Crippen molar-refractivity contribution in [2.24, 2.45) is 0 Å². The van der Waals surface area contributed by atoms with Crippen LogP contribution in [0.2, 0.25) is 0 Å². The minimum Gasteiger partial charge on any atom is -0.350 e. The molecule has 0 unspecified atom stereocenters. The molecular weight excluding hydrogens is 248 g/mol. The Balaban J connectivity index is 1.87. The molecule has 0 aromatic heterocycles. The first-order chi connectivity index (χ1) is 9.65. The number of rotatable bonds is 3. The molecule has 0 spiro atoms. The maximum atomic E-state index is 13.0. The normalized spacial score (nSPS) is 23.6. The minimum absolute atomic E-state index is 0.0315. The Morgan fingerprint density at radius 2 is 1.75 bits per heavy atom. The summed E-state index contributed by atoms with van der Waals surface area (Å²) >= 11 is 0. The molecule has 2 fully saturated rings. The van der Waals surface area contributed by atoms with E-state index in [1.165, 1.54) is 12.0 Å². The Morgan fingerprint density at radius 1 is 1.10 bits per heavy atom. The fourth-order valence-corrected chi connectivity index (χ4v) is 3.48. The second-order valence-corrected chi connectivity index (χ2v) is 6.57. The molecule has 0 bridgehead atoms. The molecule has 2 aliphatic rings. The van der Waals surface area contributed by atoms with Crippen LogP contribution in [-0.4, -0.2) is 24.5 Å². The van der Waals surface area contributed by atoms with Gasteiger partial charge in [-0.3, -0.25) is 4.79 Å². The van der Waals surface area contributed by atoms with E-state index < -0.39 is 0 Å². The second-order valence-electron chi connectivity index (χ2n) is 6.57. The molecular formula is C17H24N2O. The van der Waals surface area contributed by atoms with Crippen molar-refractivity contribution in [1.82, 2.24) is 10.6 Å². The first kappa shape index (κ1) is 13.6. The third-order valence-corrected chi connectivity index (χ3v) is 5.09. The average molecular weight is 272 g/mol. The molecule has 0 atom stereocenters. The SMILES string of the molecule is CC1(NC(=O)C2(c3ccccc3)CCNCC2)CCC1. The fourth-order valence-electron chi connectivity index (χ4n) is 3.48. The van der Waals surface area contributed by atoms with Gasteiger partial charge in [0.1, 0.15) is 0 Å². The maximum Gasteiger partial charge on any atom is 0.231 e. The van der Waals surface area contributed by atoms with Crippen LogP contribution in [-0.2, 0) is 10.2 Å². The fraction of sp³-hybridized carbons (Fsp3) is 0.588. The van der Waals surface area contributed by atoms with E-state index in [1.807, 2.05) is 18.2 Å². The summed E-state index contributed by atoms with van der Waals surface area (Å²) in [5, 5.41) is 6.71. The third-order valence-electron chi connectivity index (χ3n) is 5.09. The highest BCUT2D eigenvalue weighted by Gasteiger charge is 2.44. The zero-order chi connectivity index (χ0) is 14.1. The summed E-state index contributed by atoms with van der Waals surface area (Å²) in [5.74, 6) is 0.229. The number of carbonyl (C=O) groups excluding carboxylic acids is 1. The van der Waals surface area contributed by atoms with E-state index in [-0.39, 0.29) is 16.9 Å². The van der Waals surface area contributed by atoms with Crippen molar-refractivity contribution < 1.29 is 4.79 Å². The van der Waals surface area contributed by atoms with Crippen molar-refractivity contribution in [3.05, 3.63) is 35.9 Å². The Bertz CT molecular complexity index is 473. The third kappa shape index (κ3) is 2.35. The number of hydrogen-bond donors (Lipinski definition) is 2. The molecule has 1 amide bonds. The van der Waals surface area contributed by atoms with Gasteiger partial charge in [0, 0.05) is 5.54 Å². The average Bonchev–Trinajstić information content (AvgIpc) is 2.47. The van der Waals surface area contributed by atoms with Crippen LogP contribution >= 0.6 is 0 Å². The predicted molar refractivity (Wildman–Crippen MR) is 80.6 cm³/mol. The first-order valence-corrected chi connectivity index (χ1v) is 7.74. The van der Waals surface area contributed by atoms with Crippen molar-refractivity contribution in [3.63, 3.8) is 0 Å². The molecule has 1 aliphatic heterocycles. The standard InChI is InChI=1S/C17H24N2O/c1-16(8-5-9-16)19-15(20)17(10-12-18-13-11-17)14-6-3-2-4-7-14/h2-4,6-7,18H,5,8-13H2,1H3,(H,19,20). The summed E-state index contributed by atoms with van der Waals surface area (Å²) in [7, 11) is 0. The summed E-state index contributed by atoms with van der Waals surface area (Å²) in [6, 6.07) is 10.3. The highest BCUT2D eigenvalue weighted by Crippen LogP contribution is 2.37. The Hall–Kier alpha value is -1.35. The van der Waals surface area contributed by atoms with Crippen LogP contribution in [0, 0.1) is 0 Å². The molecule has 1 saturated heterocycles. The first-order valence-electron chi connectivity index (χ1n) is 7.74. The monoisotopic (exact) mass is 272 g/mol. The summed E-state index contributed by atoms with van der Waals surface area (Å²) in [4.78, 5) is 13.0. The predicted octanol–water partition coefficient (Wildman–Crippen LogP) is 2.37. The van der Waals surface area contributed by atoms with Gasteiger partial charge in [-0.1, -0.05) is 30.3 Å². The molecule has 3 nitrogen and oxygen atoms in total. The molecule has 1 heterocycles. The van der Waals surface area contributed by atoms with E-state index >= 15 is 0 Å². The van der Waals surface area contributed by atoms with Gasteiger partial charge in [0.2, 0.25) is 5.91 Å². The molecule has 3 heteroatoms. The lowest BCUT2D eigenvalue weighted by atomic mass is 9.70. The van der Waals surface area contributed by atoms with Crippen molar-refractivity contribution in [3.8, 4) is 0 Å². The summed E-state index contributed by atoms with van der Waals surface area (Å²) in [6.45, 7) is 4.01. The highest BCUT2D eigenvalue weighted by atomic mass is 16.2. The van der Waals surface area contributed by atoms with Gasteiger partial charge in [-0.05, 0) is 57.7 Å². The molecule has 1 saturated carbocycles. The highest BCUT2D eigenvalue weighted by molar-refractivity contribution is 5.89. The summed E-state index contributed by atoms with van der Waals surface area (Å²) in [6.07, 6.45) is 5.23. The van der Waals surface area contributed by atoms with Crippen LogP contribution in [0.15, 0.2) is 30.3 Å². The maximum absolute atomic E-state index is 13.0. The van der Waals surface area contributed by atoms with Gasteiger partial charge in [-0.25, -0.2) is 0 Å². The van der Waals surface area contributed by atoms with Crippen LogP contribution in [0.1, 0.15) is 44.6 Å². The molecule has 0 radical (unpaired) electrons. The molecule has 1 aliphatic carbocycles. The van der Waals surface area contributed by atoms with Crippen molar-refractivity contribution in [1.29, 1.82) is 0 Å². The number of benzene rings is 1. The van der Waals surface area contributed by atoms with Gasteiger partial charge in [0.15, 0.2) is 0 Å². The number of carbonyl (C=O) groups is 1. The molecule has 1 aromatic carbocycles. The van der Waals surface area contributed by atoms with Crippen molar-refractivity contribution in [2.45, 2.75) is 50.0 Å². The van der Waals surface area contributed by atoms with Gasteiger partial charge in [-0.2, -0.15) is 0 Å². The quantitative estimate of drug-likeness (QED) is 0.887. The Labute approximate surface area is 121 Å². The summed E-state index contributed by atoms with van der Waals surface area (Å²) in [5.41, 5.74) is 0.858. The number of hydrogen-bond acceptors (Lipinski definition) is 2. The molecule has 3 rings (SSSR count). The molecule has 108 valence electrons. The van der Waals surface area contributed by atoms with E-state index in [2.05, 4.69) is 29.7 Å². The Kier molecular flexibility index (Phi) is 3.55. The van der Waals surface area contributed by atoms with Crippen LogP contribution in [0.3, 0.4) is 0 Å². The smallest absolute Gasteiger partial charge is 0.231 e. The zero-order valence-electron chi connectivity index (χ0n) is 12.2. The lowest BCUT2D eigenvalue weighted by Gasteiger charge is -2.44. The number of amides is 1. The number of nitrogens with one attached hydrogen (secondary N) is 2. The van der Waals surface area contributed by atoms with Gasteiger partial charge >= 0.3 is 0 Å². The summed E-state index contributed by atoms with van der Waals surface area (Å²) < 4.78 is 0. The van der Waals surface area contributed by atoms with Crippen molar-refractivity contribution in [2.75, 3.05) is 13.1 Å². The van der Waals surface area contributed by atoms with Gasteiger partial charge in [0.05, 0.1) is 5.41 Å². The minimum atomic E-state index is -0.342. The van der Waals surface area contributed by atoms with Crippen LogP contribution in [0.5, 0.6) is 0 Å². The van der Waals surface area contributed by atoms with Crippen molar-refractivity contribution >= 4 is 5.91 Å². The Morgan fingerprint density at radius 3 is 2.30 bits per heavy atom. The van der Waals surface area contributed by atoms with E-state index in [9.17, 15) is 4.79 Å². The van der Waals surface area contributed by atoms with Crippen LogP contribution in [0.25, 0.3) is 0 Å². The van der Waals surface area contributed by atoms with Gasteiger partial charge in [-0.15, -0.1) is 0 Å². The molecule has 2 N–H and O–H groups in total.